The molecule has 188 valence electrons. The lowest BCUT2D eigenvalue weighted by molar-refractivity contribution is -0.634. The van der Waals surface area contributed by atoms with Gasteiger partial charge in [-0.1, -0.05) is 39.3 Å². The third-order valence-corrected chi connectivity index (χ3v) is 7.94. The number of hydrogen-bond acceptors (Lipinski definition) is 3. The molecule has 5 nitrogen and oxygen atoms in total. The average Bonchev–Trinajstić information content (AvgIpc) is 3.10. The number of para-hydroxylation sites is 2. The van der Waals surface area contributed by atoms with E-state index in [9.17, 15) is 4.79 Å². The average molecular weight is 477 g/mol. The van der Waals surface area contributed by atoms with Crippen LogP contribution in [0.5, 0.6) is 0 Å². The number of imidazole rings is 1. The second-order valence-corrected chi connectivity index (χ2v) is 11.1. The molecule has 1 aliphatic rings. The summed E-state index contributed by atoms with van der Waals surface area (Å²) >= 11 is 0. The number of ether oxygens (including phenoxy) is 1. The number of fused-ring (bicyclic) bond motifs is 1. The molecule has 2 aromatic carbocycles. The molecule has 4 atom stereocenters. The summed E-state index contributed by atoms with van der Waals surface area (Å²) < 4.78 is 10.7. The maximum absolute atomic E-state index is 13.7. The molecule has 0 spiro atoms. The fraction of sp³-hybridized carbons (Fsp3) is 0.533. The largest absolute Gasteiger partial charge is 0.459 e. The third-order valence-electron chi connectivity index (χ3n) is 7.94. The van der Waals surface area contributed by atoms with Gasteiger partial charge >= 0.3 is 5.97 Å². The monoisotopic (exact) mass is 476 g/mol. The van der Waals surface area contributed by atoms with Gasteiger partial charge in [-0.2, -0.15) is 0 Å². The lowest BCUT2D eigenvalue weighted by Gasteiger charge is -2.37. The van der Waals surface area contributed by atoms with Gasteiger partial charge in [0.05, 0.1) is 12.6 Å². The van der Waals surface area contributed by atoms with Crippen LogP contribution in [0.4, 0.5) is 5.69 Å². The van der Waals surface area contributed by atoms with E-state index in [1.165, 1.54) is 17.7 Å². The first-order valence-electron chi connectivity index (χ1n) is 13.1. The highest BCUT2D eigenvalue weighted by molar-refractivity contribution is 5.82. The summed E-state index contributed by atoms with van der Waals surface area (Å²) in [5.74, 6) is 2.41. The van der Waals surface area contributed by atoms with Crippen molar-refractivity contribution >= 4 is 22.7 Å². The Hall–Kier alpha value is -2.82. The number of benzene rings is 2. The van der Waals surface area contributed by atoms with Crippen molar-refractivity contribution in [2.24, 2.45) is 24.8 Å². The molecule has 0 aliphatic heterocycles. The highest BCUT2D eigenvalue weighted by Gasteiger charge is 2.37. The van der Waals surface area contributed by atoms with E-state index in [-0.39, 0.29) is 12.1 Å². The molecular formula is C30H42N3O2+. The van der Waals surface area contributed by atoms with Gasteiger partial charge < -0.3 is 9.64 Å². The van der Waals surface area contributed by atoms with E-state index < -0.39 is 6.04 Å². The minimum atomic E-state index is -0.435. The molecule has 0 amide bonds. The van der Waals surface area contributed by atoms with E-state index in [4.69, 9.17) is 4.74 Å². The Labute approximate surface area is 210 Å². The zero-order valence-electron chi connectivity index (χ0n) is 22.7. The molecule has 0 radical (unpaired) electrons. The van der Waals surface area contributed by atoms with E-state index in [1.807, 2.05) is 13.0 Å². The molecule has 1 saturated carbocycles. The number of carbonyl (C=O) groups is 1. The molecule has 3 aromatic rings. The molecule has 1 aromatic heterocycles. The van der Waals surface area contributed by atoms with Crippen molar-refractivity contribution in [1.29, 1.82) is 0 Å². The van der Waals surface area contributed by atoms with Crippen molar-refractivity contribution in [3.63, 3.8) is 0 Å². The Bertz CT molecular complexity index is 1210. The van der Waals surface area contributed by atoms with Gasteiger partial charge in [-0.3, -0.25) is 0 Å². The Balaban J connectivity index is 1.76. The maximum atomic E-state index is 13.7. The van der Waals surface area contributed by atoms with Gasteiger partial charge in [0.2, 0.25) is 0 Å². The van der Waals surface area contributed by atoms with E-state index in [2.05, 4.69) is 99.3 Å². The molecule has 0 bridgehead atoms. The van der Waals surface area contributed by atoms with Crippen molar-refractivity contribution in [1.82, 2.24) is 4.57 Å². The van der Waals surface area contributed by atoms with Crippen LogP contribution in [0.1, 0.15) is 58.6 Å². The van der Waals surface area contributed by atoms with Crippen molar-refractivity contribution in [2.45, 2.75) is 66.0 Å². The highest BCUT2D eigenvalue weighted by atomic mass is 16.5. The molecule has 1 unspecified atom stereocenters. The predicted octanol–water partition coefficient (Wildman–Crippen LogP) is 6.07. The first kappa shape index (κ1) is 25.3. The molecule has 1 aliphatic carbocycles. The predicted molar refractivity (Wildman–Crippen MR) is 144 cm³/mol. The van der Waals surface area contributed by atoms with Crippen LogP contribution in [0, 0.1) is 24.7 Å². The van der Waals surface area contributed by atoms with Gasteiger partial charge in [0.25, 0.3) is 5.82 Å². The molecule has 5 heteroatoms. The first-order chi connectivity index (χ1) is 16.6. The van der Waals surface area contributed by atoms with Crippen LogP contribution in [0.25, 0.3) is 22.4 Å². The van der Waals surface area contributed by atoms with Gasteiger partial charge in [0.1, 0.15) is 6.10 Å². The van der Waals surface area contributed by atoms with Crippen molar-refractivity contribution in [3.8, 4) is 11.4 Å². The Morgan fingerprint density at radius 2 is 1.83 bits per heavy atom. The number of esters is 1. The number of anilines is 1. The SMILES string of the molecule is Cc1cc(-c2n([C@H](C)C(=O)O[C@@H]3C[C@H](C)CCC3C(C)C)c3ccccc3[n+]2C)ccc1N(C)C. The fourth-order valence-corrected chi connectivity index (χ4v) is 5.97. The number of rotatable bonds is 6. The normalized spacial score (nSPS) is 21.3. The van der Waals surface area contributed by atoms with Crippen LogP contribution in [0.2, 0.25) is 0 Å². The van der Waals surface area contributed by atoms with Gasteiger partial charge in [0.15, 0.2) is 17.1 Å². The summed E-state index contributed by atoms with van der Waals surface area (Å²) in [6.07, 6.45) is 3.31. The molecule has 4 rings (SSSR count). The Kier molecular flexibility index (Phi) is 7.25. The molecule has 35 heavy (non-hydrogen) atoms. The summed E-state index contributed by atoms with van der Waals surface area (Å²) in [6.45, 7) is 10.9. The van der Waals surface area contributed by atoms with Crippen molar-refractivity contribution < 1.29 is 14.1 Å². The number of hydrogen-bond donors (Lipinski definition) is 0. The summed E-state index contributed by atoms with van der Waals surface area (Å²) in [6, 6.07) is 14.4. The smallest absolute Gasteiger partial charge is 0.351 e. The van der Waals surface area contributed by atoms with Crippen molar-refractivity contribution in [3.05, 3.63) is 48.0 Å². The van der Waals surface area contributed by atoms with Crippen LogP contribution >= 0.6 is 0 Å². The highest BCUT2D eigenvalue weighted by Crippen LogP contribution is 2.37. The van der Waals surface area contributed by atoms with Gasteiger partial charge in [-0.15, -0.1) is 0 Å². The Morgan fingerprint density at radius 1 is 1.11 bits per heavy atom. The number of nitrogens with zero attached hydrogens (tertiary/aromatic N) is 3. The Morgan fingerprint density at radius 3 is 2.49 bits per heavy atom. The minimum absolute atomic E-state index is 0.00524. The van der Waals surface area contributed by atoms with Gasteiger partial charge in [-0.05, 0) is 80.3 Å². The number of aryl methyl sites for hydroxylation is 2. The summed E-state index contributed by atoms with van der Waals surface area (Å²) in [5, 5.41) is 0. The topological polar surface area (TPSA) is 38.4 Å². The third kappa shape index (κ3) is 4.82. The molecule has 0 N–H and O–H groups in total. The van der Waals surface area contributed by atoms with Crippen LogP contribution in [-0.4, -0.2) is 30.7 Å². The van der Waals surface area contributed by atoms with Crippen LogP contribution in [0.15, 0.2) is 42.5 Å². The van der Waals surface area contributed by atoms with E-state index in [1.54, 1.807) is 0 Å². The standard InChI is InChI=1S/C30H42N3O2/c1-19(2)24-15-13-20(3)17-28(24)35-30(34)22(5)33-27-12-10-9-11-26(27)32(8)29(33)23-14-16-25(31(6)7)21(4)18-23/h9-12,14,16,18-20,22,24,28H,13,15,17H2,1-8H3/q+1/t20-,22-,24?,28-/m1/s1. The second-order valence-electron chi connectivity index (χ2n) is 11.1. The summed E-state index contributed by atoms with van der Waals surface area (Å²) in [4.78, 5) is 15.8. The van der Waals surface area contributed by atoms with Crippen LogP contribution in [-0.2, 0) is 16.6 Å². The minimum Gasteiger partial charge on any atom is -0.459 e. The lowest BCUT2D eigenvalue weighted by atomic mass is 9.75. The zero-order valence-corrected chi connectivity index (χ0v) is 22.7. The zero-order chi connectivity index (χ0) is 25.4. The second kappa shape index (κ2) is 10.0. The van der Waals surface area contributed by atoms with E-state index in [0.717, 1.165) is 35.3 Å². The molecular weight excluding hydrogens is 434 g/mol. The van der Waals surface area contributed by atoms with Crippen molar-refractivity contribution in [2.75, 3.05) is 19.0 Å². The van der Waals surface area contributed by atoms with E-state index >= 15 is 0 Å². The molecule has 1 heterocycles. The first-order valence-corrected chi connectivity index (χ1v) is 13.1. The van der Waals surface area contributed by atoms with Gasteiger partial charge in [-0.25, -0.2) is 13.9 Å². The molecule has 0 saturated heterocycles. The quantitative estimate of drug-likeness (QED) is 0.320. The van der Waals surface area contributed by atoms with Gasteiger partial charge in [0, 0.05) is 19.8 Å². The summed E-state index contributed by atoms with van der Waals surface area (Å²) in [7, 11) is 6.21. The van der Waals surface area contributed by atoms with Crippen LogP contribution in [0.3, 0.4) is 0 Å². The lowest BCUT2D eigenvalue weighted by Crippen LogP contribution is -2.38. The van der Waals surface area contributed by atoms with E-state index in [0.29, 0.717) is 17.8 Å². The molecule has 1 fully saturated rings. The number of carbonyl (C=O) groups excluding carboxylic acids is 1. The summed E-state index contributed by atoms with van der Waals surface area (Å²) in [5.41, 5.74) is 5.63. The van der Waals surface area contributed by atoms with Crippen LogP contribution < -0.4 is 9.47 Å². The number of aromatic nitrogens is 2. The fourth-order valence-electron chi connectivity index (χ4n) is 5.97. The maximum Gasteiger partial charge on any atom is 0.351 e.